The lowest BCUT2D eigenvalue weighted by Gasteiger charge is -2.34. The van der Waals surface area contributed by atoms with Gasteiger partial charge in [0.15, 0.2) is 5.69 Å². The van der Waals surface area contributed by atoms with Crippen LogP contribution < -0.4 is 4.90 Å². The summed E-state index contributed by atoms with van der Waals surface area (Å²) in [5, 5.41) is 12.5. The number of halogens is 3. The van der Waals surface area contributed by atoms with E-state index in [1.54, 1.807) is 12.1 Å². The van der Waals surface area contributed by atoms with E-state index in [0.717, 1.165) is 31.1 Å². The Bertz CT molecular complexity index is 712. The molecule has 1 saturated heterocycles. The van der Waals surface area contributed by atoms with Crippen LogP contribution in [0.1, 0.15) is 30.1 Å². The highest BCUT2D eigenvalue weighted by Crippen LogP contribution is 2.30. The molecule has 0 amide bonds. The van der Waals surface area contributed by atoms with Gasteiger partial charge in [-0.25, -0.2) is 0 Å². The number of hydrogen-bond acceptors (Lipinski definition) is 3. The van der Waals surface area contributed by atoms with Crippen LogP contribution in [0.2, 0.25) is 0 Å². The molecule has 7 heteroatoms. The zero-order chi connectivity index (χ0) is 16.4. The molecule has 0 radical (unpaired) electrons. The number of rotatable bonds is 2. The van der Waals surface area contributed by atoms with Crippen LogP contribution >= 0.6 is 0 Å². The number of aromatic nitrogens is 2. The van der Waals surface area contributed by atoms with Crippen molar-refractivity contribution in [3.63, 3.8) is 0 Å². The molecule has 120 valence electrons. The molecule has 4 nitrogen and oxygen atoms in total. The van der Waals surface area contributed by atoms with Gasteiger partial charge in [-0.3, -0.25) is 4.68 Å². The van der Waals surface area contributed by atoms with Gasteiger partial charge >= 0.3 is 6.18 Å². The fraction of sp³-hybridized carbons (Fsp3) is 0.375. The van der Waals surface area contributed by atoms with Gasteiger partial charge in [-0.15, -0.1) is 0 Å². The standard InChI is InChI=1S/C16H15F3N4/c17-16(18,19)15-7-9-23(21-15)14-2-1-8-22(11-14)13-5-3-12(10-20)4-6-13/h3-7,9,14H,1-2,8,11H2. The summed E-state index contributed by atoms with van der Waals surface area (Å²) in [7, 11) is 0. The van der Waals surface area contributed by atoms with Gasteiger partial charge in [-0.05, 0) is 43.2 Å². The monoisotopic (exact) mass is 320 g/mol. The van der Waals surface area contributed by atoms with E-state index in [1.807, 2.05) is 12.1 Å². The average molecular weight is 320 g/mol. The second kappa shape index (κ2) is 5.95. The Morgan fingerprint density at radius 3 is 2.52 bits per heavy atom. The number of benzene rings is 1. The molecular weight excluding hydrogens is 305 g/mol. The Balaban J connectivity index is 1.75. The fourth-order valence-electron chi connectivity index (χ4n) is 2.84. The van der Waals surface area contributed by atoms with E-state index in [0.29, 0.717) is 12.1 Å². The summed E-state index contributed by atoms with van der Waals surface area (Å²) in [5.41, 5.74) is 0.703. The summed E-state index contributed by atoms with van der Waals surface area (Å²) in [6.45, 7) is 1.45. The Kier molecular flexibility index (Phi) is 3.99. The zero-order valence-electron chi connectivity index (χ0n) is 12.3. The Hall–Kier alpha value is -2.49. The molecule has 0 spiro atoms. The number of anilines is 1. The van der Waals surface area contributed by atoms with Crippen molar-refractivity contribution in [2.75, 3.05) is 18.0 Å². The normalized spacial score (nSPS) is 18.7. The molecule has 0 saturated carbocycles. The number of nitriles is 1. The molecular formula is C16H15F3N4. The quantitative estimate of drug-likeness (QED) is 0.849. The lowest BCUT2D eigenvalue weighted by Crippen LogP contribution is -2.36. The Morgan fingerprint density at radius 1 is 1.17 bits per heavy atom. The summed E-state index contributed by atoms with van der Waals surface area (Å²) < 4.78 is 39.4. The van der Waals surface area contributed by atoms with E-state index in [-0.39, 0.29) is 6.04 Å². The molecule has 1 aromatic carbocycles. The van der Waals surface area contributed by atoms with Crippen LogP contribution in [0.25, 0.3) is 0 Å². The number of piperidine rings is 1. The molecule has 1 aliphatic rings. The minimum absolute atomic E-state index is 0.0875. The largest absolute Gasteiger partial charge is 0.435 e. The maximum atomic E-state index is 12.7. The van der Waals surface area contributed by atoms with E-state index in [2.05, 4.69) is 16.1 Å². The van der Waals surface area contributed by atoms with E-state index in [4.69, 9.17) is 5.26 Å². The van der Waals surface area contributed by atoms with Gasteiger partial charge in [0.05, 0.1) is 17.7 Å². The van der Waals surface area contributed by atoms with Gasteiger partial charge in [-0.2, -0.15) is 23.5 Å². The van der Waals surface area contributed by atoms with Crippen LogP contribution in [-0.4, -0.2) is 22.9 Å². The highest BCUT2D eigenvalue weighted by atomic mass is 19.4. The Labute approximate surface area is 131 Å². The second-order valence-electron chi connectivity index (χ2n) is 5.58. The van der Waals surface area contributed by atoms with Crippen LogP contribution in [0.4, 0.5) is 18.9 Å². The molecule has 3 rings (SSSR count). The molecule has 0 N–H and O–H groups in total. The summed E-state index contributed by atoms with van der Waals surface area (Å²) in [4.78, 5) is 2.12. The third kappa shape index (κ3) is 3.31. The van der Waals surface area contributed by atoms with Crippen molar-refractivity contribution >= 4 is 5.69 Å². The molecule has 1 aliphatic heterocycles. The molecule has 1 aromatic heterocycles. The summed E-state index contributed by atoms with van der Waals surface area (Å²) in [5.74, 6) is 0. The van der Waals surface area contributed by atoms with Gasteiger partial charge in [0.1, 0.15) is 0 Å². The van der Waals surface area contributed by atoms with Crippen LogP contribution in [0.5, 0.6) is 0 Å². The van der Waals surface area contributed by atoms with Crippen molar-refractivity contribution in [1.29, 1.82) is 5.26 Å². The first-order valence-electron chi connectivity index (χ1n) is 7.35. The molecule has 2 heterocycles. The smallest absolute Gasteiger partial charge is 0.369 e. The van der Waals surface area contributed by atoms with Crippen LogP contribution in [0.3, 0.4) is 0 Å². The predicted molar refractivity (Wildman–Crippen MR) is 78.9 cm³/mol. The van der Waals surface area contributed by atoms with Crippen molar-refractivity contribution in [2.45, 2.75) is 25.1 Å². The molecule has 1 fully saturated rings. The van der Waals surface area contributed by atoms with Crippen molar-refractivity contribution < 1.29 is 13.2 Å². The van der Waals surface area contributed by atoms with Crippen LogP contribution in [-0.2, 0) is 6.18 Å². The fourth-order valence-corrected chi connectivity index (χ4v) is 2.84. The SMILES string of the molecule is N#Cc1ccc(N2CCCC(n3ccc(C(F)(F)F)n3)C2)cc1. The minimum atomic E-state index is -4.41. The van der Waals surface area contributed by atoms with Gasteiger partial charge in [-0.1, -0.05) is 0 Å². The molecule has 1 atom stereocenters. The van der Waals surface area contributed by atoms with Crippen LogP contribution in [0.15, 0.2) is 36.5 Å². The topological polar surface area (TPSA) is 44.9 Å². The number of nitrogens with zero attached hydrogens (tertiary/aromatic N) is 4. The van der Waals surface area contributed by atoms with Gasteiger partial charge in [0.2, 0.25) is 0 Å². The Morgan fingerprint density at radius 2 is 1.91 bits per heavy atom. The first-order valence-corrected chi connectivity index (χ1v) is 7.35. The number of alkyl halides is 3. The molecule has 0 bridgehead atoms. The third-order valence-corrected chi connectivity index (χ3v) is 4.03. The third-order valence-electron chi connectivity index (χ3n) is 4.03. The second-order valence-corrected chi connectivity index (χ2v) is 5.58. The average Bonchev–Trinajstić information content (AvgIpc) is 3.05. The van der Waals surface area contributed by atoms with Crippen molar-refractivity contribution in [3.05, 3.63) is 47.8 Å². The first kappa shape index (κ1) is 15.4. The maximum absolute atomic E-state index is 12.7. The molecule has 0 aliphatic carbocycles. The summed E-state index contributed by atoms with van der Waals surface area (Å²) in [6.07, 6.45) is -1.33. The van der Waals surface area contributed by atoms with E-state index in [1.165, 1.54) is 10.9 Å². The highest BCUT2D eigenvalue weighted by molar-refractivity contribution is 5.50. The zero-order valence-corrected chi connectivity index (χ0v) is 12.3. The van der Waals surface area contributed by atoms with Crippen molar-refractivity contribution in [1.82, 2.24) is 9.78 Å². The van der Waals surface area contributed by atoms with Gasteiger partial charge in [0.25, 0.3) is 0 Å². The molecule has 23 heavy (non-hydrogen) atoms. The van der Waals surface area contributed by atoms with E-state index >= 15 is 0 Å². The van der Waals surface area contributed by atoms with Crippen molar-refractivity contribution in [3.8, 4) is 6.07 Å². The molecule has 2 aromatic rings. The lowest BCUT2D eigenvalue weighted by atomic mass is 10.0. The van der Waals surface area contributed by atoms with E-state index < -0.39 is 11.9 Å². The van der Waals surface area contributed by atoms with Gasteiger partial charge in [0, 0.05) is 25.0 Å². The minimum Gasteiger partial charge on any atom is -0.369 e. The highest BCUT2D eigenvalue weighted by Gasteiger charge is 2.34. The lowest BCUT2D eigenvalue weighted by molar-refractivity contribution is -0.141. The summed E-state index contributed by atoms with van der Waals surface area (Å²) >= 11 is 0. The van der Waals surface area contributed by atoms with E-state index in [9.17, 15) is 13.2 Å². The summed E-state index contributed by atoms with van der Waals surface area (Å²) in [6, 6.07) is 10.2. The maximum Gasteiger partial charge on any atom is 0.435 e. The number of hydrogen-bond donors (Lipinski definition) is 0. The van der Waals surface area contributed by atoms with Gasteiger partial charge < -0.3 is 4.90 Å². The first-order chi connectivity index (χ1) is 11.0. The molecule has 1 unspecified atom stereocenters. The predicted octanol–water partition coefficient (Wildman–Crippen LogP) is 3.62. The van der Waals surface area contributed by atoms with Crippen molar-refractivity contribution in [2.24, 2.45) is 0 Å². The van der Waals surface area contributed by atoms with Crippen LogP contribution in [0, 0.1) is 11.3 Å².